The molecule has 1 heterocycles. The molecule has 1 unspecified atom stereocenters. The van der Waals surface area contributed by atoms with Crippen molar-refractivity contribution < 1.29 is 18.7 Å². The molecule has 3 amide bonds. The number of urea groups is 1. The lowest BCUT2D eigenvalue weighted by molar-refractivity contribution is -0.136. The molecular weight excluding hydrogens is 409 g/mol. The van der Waals surface area contributed by atoms with Gasteiger partial charge in [0.2, 0.25) is 5.91 Å². The Balaban J connectivity index is 1.40. The molecule has 0 radical (unpaired) electrons. The van der Waals surface area contributed by atoms with Crippen LogP contribution in [0.1, 0.15) is 29.9 Å². The summed E-state index contributed by atoms with van der Waals surface area (Å²) in [5, 5.41) is 3.00. The van der Waals surface area contributed by atoms with Crippen LogP contribution in [-0.4, -0.2) is 67.2 Å². The highest BCUT2D eigenvalue weighted by atomic mass is 19.1. The molecule has 7 heteroatoms. The van der Waals surface area contributed by atoms with Crippen molar-refractivity contribution in [1.29, 1.82) is 0 Å². The van der Waals surface area contributed by atoms with Crippen molar-refractivity contribution in [3.63, 3.8) is 0 Å². The number of carbonyl (C=O) groups excluding carboxylic acids is 2. The van der Waals surface area contributed by atoms with Gasteiger partial charge in [0.15, 0.2) is 0 Å². The van der Waals surface area contributed by atoms with Crippen LogP contribution >= 0.6 is 0 Å². The Morgan fingerprint density at radius 2 is 1.84 bits per heavy atom. The van der Waals surface area contributed by atoms with Crippen molar-refractivity contribution in [3.8, 4) is 0 Å². The minimum Gasteiger partial charge on any atom is -0.378 e. The van der Waals surface area contributed by atoms with E-state index in [1.165, 1.54) is 12.1 Å². The SMILES string of the molecule is O=C(C(CNC(=O)N(CCc1cccc(F)c1)C1CC1)c1ccccc1)N1CCOCC1. The van der Waals surface area contributed by atoms with Gasteiger partial charge in [-0.15, -0.1) is 0 Å². The number of nitrogens with zero attached hydrogens (tertiary/aromatic N) is 2. The summed E-state index contributed by atoms with van der Waals surface area (Å²) in [6.45, 7) is 2.97. The van der Waals surface area contributed by atoms with Crippen LogP contribution in [0.5, 0.6) is 0 Å². The smallest absolute Gasteiger partial charge is 0.317 e. The Morgan fingerprint density at radius 3 is 2.53 bits per heavy atom. The zero-order valence-corrected chi connectivity index (χ0v) is 18.2. The van der Waals surface area contributed by atoms with E-state index >= 15 is 0 Å². The monoisotopic (exact) mass is 439 g/mol. The molecule has 1 saturated heterocycles. The third kappa shape index (κ3) is 5.85. The van der Waals surface area contributed by atoms with E-state index in [4.69, 9.17) is 4.74 Å². The van der Waals surface area contributed by atoms with Crippen LogP contribution in [0.3, 0.4) is 0 Å². The number of ether oxygens (including phenoxy) is 1. The van der Waals surface area contributed by atoms with Crippen molar-refractivity contribution in [2.45, 2.75) is 31.2 Å². The van der Waals surface area contributed by atoms with E-state index in [0.717, 1.165) is 24.0 Å². The average Bonchev–Trinajstić information content (AvgIpc) is 3.66. The van der Waals surface area contributed by atoms with Crippen LogP contribution in [-0.2, 0) is 16.0 Å². The fourth-order valence-corrected chi connectivity index (χ4v) is 4.11. The second-order valence-electron chi connectivity index (χ2n) is 8.39. The van der Waals surface area contributed by atoms with Crippen LogP contribution in [0.4, 0.5) is 9.18 Å². The maximum absolute atomic E-state index is 13.5. The number of morpholine rings is 1. The Kier molecular flexibility index (Phi) is 7.37. The molecule has 1 N–H and O–H groups in total. The quantitative estimate of drug-likeness (QED) is 0.687. The molecule has 32 heavy (non-hydrogen) atoms. The molecule has 1 saturated carbocycles. The van der Waals surface area contributed by atoms with Crippen LogP contribution < -0.4 is 5.32 Å². The minimum atomic E-state index is -0.442. The second kappa shape index (κ2) is 10.6. The average molecular weight is 440 g/mol. The van der Waals surface area contributed by atoms with Crippen LogP contribution in [0.15, 0.2) is 54.6 Å². The zero-order valence-electron chi connectivity index (χ0n) is 18.2. The first-order chi connectivity index (χ1) is 15.6. The molecule has 1 aliphatic carbocycles. The lowest BCUT2D eigenvalue weighted by Gasteiger charge is -2.31. The number of benzene rings is 2. The first kappa shape index (κ1) is 22.3. The summed E-state index contributed by atoms with van der Waals surface area (Å²) in [7, 11) is 0. The van der Waals surface area contributed by atoms with E-state index in [1.54, 1.807) is 6.07 Å². The van der Waals surface area contributed by atoms with E-state index in [0.29, 0.717) is 39.3 Å². The summed E-state index contributed by atoms with van der Waals surface area (Å²) in [4.78, 5) is 29.9. The summed E-state index contributed by atoms with van der Waals surface area (Å²) in [5.41, 5.74) is 1.76. The lowest BCUT2D eigenvalue weighted by Crippen LogP contribution is -2.48. The first-order valence-electron chi connectivity index (χ1n) is 11.3. The Bertz CT molecular complexity index is 914. The molecule has 170 valence electrons. The highest BCUT2D eigenvalue weighted by Gasteiger charge is 2.33. The summed E-state index contributed by atoms with van der Waals surface area (Å²) < 4.78 is 18.9. The number of halogens is 1. The molecule has 4 rings (SSSR count). The molecule has 2 fully saturated rings. The summed E-state index contributed by atoms with van der Waals surface area (Å²) in [6.07, 6.45) is 2.55. The van der Waals surface area contributed by atoms with Gasteiger partial charge in [-0.1, -0.05) is 42.5 Å². The molecule has 0 aromatic heterocycles. The summed E-state index contributed by atoms with van der Waals surface area (Å²) in [6, 6.07) is 16.1. The second-order valence-corrected chi connectivity index (χ2v) is 8.39. The highest BCUT2D eigenvalue weighted by molar-refractivity contribution is 5.85. The Hall–Kier alpha value is -2.93. The van der Waals surface area contributed by atoms with Crippen LogP contribution in [0, 0.1) is 5.82 Å². The van der Waals surface area contributed by atoms with Gasteiger partial charge in [-0.05, 0) is 42.5 Å². The number of hydrogen-bond acceptors (Lipinski definition) is 3. The summed E-state index contributed by atoms with van der Waals surface area (Å²) >= 11 is 0. The molecular formula is C25H30FN3O3. The third-order valence-corrected chi connectivity index (χ3v) is 6.06. The van der Waals surface area contributed by atoms with Gasteiger partial charge in [0.25, 0.3) is 0 Å². The van der Waals surface area contributed by atoms with Crippen molar-refractivity contribution >= 4 is 11.9 Å². The van der Waals surface area contributed by atoms with Gasteiger partial charge in [0, 0.05) is 32.2 Å². The molecule has 0 bridgehead atoms. The van der Waals surface area contributed by atoms with Gasteiger partial charge in [-0.25, -0.2) is 9.18 Å². The number of hydrogen-bond donors (Lipinski definition) is 1. The van der Waals surface area contributed by atoms with Crippen molar-refractivity contribution in [2.75, 3.05) is 39.4 Å². The van der Waals surface area contributed by atoms with Gasteiger partial charge >= 0.3 is 6.03 Å². The topological polar surface area (TPSA) is 61.9 Å². The predicted octanol–water partition coefficient (Wildman–Crippen LogP) is 3.18. The largest absolute Gasteiger partial charge is 0.378 e. The lowest BCUT2D eigenvalue weighted by atomic mass is 9.97. The van der Waals surface area contributed by atoms with E-state index in [-0.39, 0.29) is 30.3 Å². The van der Waals surface area contributed by atoms with E-state index in [9.17, 15) is 14.0 Å². The van der Waals surface area contributed by atoms with E-state index < -0.39 is 5.92 Å². The van der Waals surface area contributed by atoms with Crippen LogP contribution in [0.2, 0.25) is 0 Å². The molecule has 0 spiro atoms. The van der Waals surface area contributed by atoms with E-state index in [2.05, 4.69) is 5.32 Å². The van der Waals surface area contributed by atoms with Crippen molar-refractivity contribution in [3.05, 3.63) is 71.5 Å². The predicted molar refractivity (Wildman–Crippen MR) is 120 cm³/mol. The molecule has 1 atom stereocenters. The van der Waals surface area contributed by atoms with Crippen molar-refractivity contribution in [2.24, 2.45) is 0 Å². The first-order valence-corrected chi connectivity index (χ1v) is 11.3. The molecule has 2 aliphatic rings. The summed E-state index contributed by atoms with van der Waals surface area (Å²) in [5.74, 6) is -0.697. The zero-order chi connectivity index (χ0) is 22.3. The fraction of sp³-hybridized carbons (Fsp3) is 0.440. The standard InChI is InChI=1S/C25H30FN3O3/c26-21-8-4-5-19(17-21)11-12-29(22-9-10-22)25(31)27-18-23(20-6-2-1-3-7-20)24(30)28-13-15-32-16-14-28/h1-8,17,22-23H,9-16,18H2,(H,27,31). The van der Waals surface area contributed by atoms with Gasteiger partial charge < -0.3 is 19.9 Å². The Labute approximate surface area is 188 Å². The minimum absolute atomic E-state index is 0.0116. The third-order valence-electron chi connectivity index (χ3n) is 6.06. The maximum Gasteiger partial charge on any atom is 0.317 e. The maximum atomic E-state index is 13.5. The normalized spacial score (nSPS) is 17.0. The molecule has 1 aliphatic heterocycles. The van der Waals surface area contributed by atoms with Gasteiger partial charge in [-0.2, -0.15) is 0 Å². The fourth-order valence-electron chi connectivity index (χ4n) is 4.11. The number of rotatable bonds is 8. The van der Waals surface area contributed by atoms with E-state index in [1.807, 2.05) is 46.2 Å². The molecule has 2 aromatic carbocycles. The molecule has 2 aromatic rings. The number of amides is 3. The molecule has 6 nitrogen and oxygen atoms in total. The highest BCUT2D eigenvalue weighted by Crippen LogP contribution is 2.27. The van der Waals surface area contributed by atoms with Crippen molar-refractivity contribution in [1.82, 2.24) is 15.1 Å². The van der Waals surface area contributed by atoms with Gasteiger partial charge in [0.1, 0.15) is 5.82 Å². The number of carbonyl (C=O) groups is 2. The van der Waals surface area contributed by atoms with Gasteiger partial charge in [-0.3, -0.25) is 4.79 Å². The van der Waals surface area contributed by atoms with Gasteiger partial charge in [0.05, 0.1) is 19.1 Å². The Morgan fingerprint density at radius 1 is 1.09 bits per heavy atom. The number of nitrogens with one attached hydrogen (secondary N) is 1. The van der Waals surface area contributed by atoms with Crippen LogP contribution in [0.25, 0.3) is 0 Å².